The van der Waals surface area contributed by atoms with E-state index in [1.807, 2.05) is 24.4 Å². The number of phenolic OH excluding ortho intramolecular Hbond substituents is 1. The number of thiazole rings is 1. The van der Waals surface area contributed by atoms with E-state index in [9.17, 15) is 5.11 Å². The van der Waals surface area contributed by atoms with Crippen LogP contribution >= 0.6 is 11.3 Å². The van der Waals surface area contributed by atoms with Crippen molar-refractivity contribution in [3.8, 4) is 49.8 Å². The molecule has 0 radical (unpaired) electrons. The molecule has 0 saturated heterocycles. The van der Waals surface area contributed by atoms with Crippen LogP contribution in [0.25, 0.3) is 54.3 Å². The highest BCUT2D eigenvalue weighted by atomic mass is 32.1. The van der Waals surface area contributed by atoms with Gasteiger partial charge in [0.15, 0.2) is 0 Å². The lowest BCUT2D eigenvalue weighted by atomic mass is 9.71. The van der Waals surface area contributed by atoms with E-state index in [0.29, 0.717) is 0 Å². The Hall–Kier alpha value is -4.28. The van der Waals surface area contributed by atoms with Crippen LogP contribution in [0.5, 0.6) is 5.75 Å². The van der Waals surface area contributed by atoms with E-state index in [-0.39, 0.29) is 27.4 Å². The number of hydrogen-bond donors (Lipinski definition) is 1. The fraction of sp³-hybridized carbons (Fsp3) is 0.348. The smallest absolute Gasteiger partial charge is 0.128 e. The first-order valence-electron chi connectivity index (χ1n) is 17.7. The minimum absolute atomic E-state index is 0.0288. The highest BCUT2D eigenvalue weighted by molar-refractivity contribution is 7.21. The number of pyridine rings is 1. The molecule has 0 fully saturated rings. The molecule has 1 N–H and O–H groups in total. The first kappa shape index (κ1) is 35.5. The molecule has 6 rings (SSSR count). The molecular weight excluding hydrogens is 629 g/mol. The fourth-order valence-corrected chi connectivity index (χ4v) is 7.79. The number of para-hydroxylation sites is 2. The maximum Gasteiger partial charge on any atom is 0.128 e. The molecule has 3 nitrogen and oxygen atoms in total. The van der Waals surface area contributed by atoms with Gasteiger partial charge in [0, 0.05) is 17.3 Å². The van der Waals surface area contributed by atoms with Crippen molar-refractivity contribution >= 4 is 21.6 Å². The Bertz CT molecular complexity index is 2180. The van der Waals surface area contributed by atoms with Crippen LogP contribution in [0.1, 0.15) is 105 Å². The highest BCUT2D eigenvalue weighted by Gasteiger charge is 2.31. The second-order valence-corrected chi connectivity index (χ2v) is 18.9. The quantitative estimate of drug-likeness (QED) is 0.202. The molecule has 0 saturated carbocycles. The molecule has 0 amide bonds. The molecule has 0 aliphatic heterocycles. The fourth-order valence-electron chi connectivity index (χ4n) is 6.77. The van der Waals surface area contributed by atoms with Crippen LogP contribution < -0.4 is 0 Å². The summed E-state index contributed by atoms with van der Waals surface area (Å²) in [7, 11) is 0. The lowest BCUT2D eigenvalue weighted by Gasteiger charge is -2.33. The molecule has 0 unspecified atom stereocenters. The second-order valence-electron chi connectivity index (χ2n) is 17.9. The average molecular weight is 681 g/mol. The Kier molecular flexibility index (Phi) is 8.88. The van der Waals surface area contributed by atoms with E-state index in [1.54, 1.807) is 17.4 Å². The first-order valence-corrected chi connectivity index (χ1v) is 18.5. The van der Waals surface area contributed by atoms with Crippen molar-refractivity contribution in [3.05, 3.63) is 113 Å². The van der Waals surface area contributed by atoms with Gasteiger partial charge in [0.25, 0.3) is 0 Å². The number of aromatic hydroxyl groups is 1. The van der Waals surface area contributed by atoms with E-state index >= 15 is 0 Å². The van der Waals surface area contributed by atoms with Gasteiger partial charge in [-0.15, -0.1) is 11.3 Å². The van der Waals surface area contributed by atoms with E-state index in [4.69, 9.17) is 9.97 Å². The Labute approximate surface area is 303 Å². The van der Waals surface area contributed by atoms with Crippen molar-refractivity contribution in [2.75, 3.05) is 0 Å². The SMILES string of the molecule is CC(C)(C)c1cc(-c2ccnc(-c3cc(-c4cccc5sc(-c6ccccc6O)nc45)c(C(C)(C)C)c(C(C)(C)C)c3)c2)cc(C(C)(C)C)c1. The van der Waals surface area contributed by atoms with Gasteiger partial charge in [-0.05, 0) is 103 Å². The number of rotatable bonds is 4. The third-order valence-corrected chi connectivity index (χ3v) is 10.6. The molecule has 0 aliphatic rings. The maximum atomic E-state index is 10.7. The normalized spacial score (nSPS) is 12.9. The Balaban J connectivity index is 1.60. The van der Waals surface area contributed by atoms with E-state index < -0.39 is 0 Å². The molecular formula is C46H52N2OS. The molecule has 0 aliphatic carbocycles. The van der Waals surface area contributed by atoms with Crippen molar-refractivity contribution in [1.82, 2.24) is 9.97 Å². The summed E-state index contributed by atoms with van der Waals surface area (Å²) in [4.78, 5) is 10.2. The summed E-state index contributed by atoms with van der Waals surface area (Å²) in [6.45, 7) is 27.6. The summed E-state index contributed by atoms with van der Waals surface area (Å²) in [5.74, 6) is 0.245. The summed E-state index contributed by atoms with van der Waals surface area (Å²) in [6, 6.07) is 30.1. The first-order chi connectivity index (χ1) is 23.2. The molecule has 6 aromatic rings. The number of fused-ring (bicyclic) bond motifs is 1. The molecule has 0 atom stereocenters. The van der Waals surface area contributed by atoms with Crippen LogP contribution in [0, 0.1) is 0 Å². The molecule has 2 heterocycles. The molecule has 4 heteroatoms. The predicted molar refractivity (Wildman–Crippen MR) is 216 cm³/mol. The van der Waals surface area contributed by atoms with Gasteiger partial charge >= 0.3 is 0 Å². The van der Waals surface area contributed by atoms with Gasteiger partial charge in [0.05, 0.1) is 21.5 Å². The van der Waals surface area contributed by atoms with Gasteiger partial charge < -0.3 is 5.11 Å². The summed E-state index contributed by atoms with van der Waals surface area (Å²) in [5.41, 5.74) is 13.5. The molecule has 0 bridgehead atoms. The Morgan fingerprint density at radius 1 is 0.540 bits per heavy atom. The Morgan fingerprint density at radius 2 is 1.18 bits per heavy atom. The van der Waals surface area contributed by atoms with Gasteiger partial charge in [0.1, 0.15) is 10.8 Å². The molecule has 50 heavy (non-hydrogen) atoms. The Morgan fingerprint density at radius 3 is 1.78 bits per heavy atom. The minimum Gasteiger partial charge on any atom is -0.507 e. The zero-order valence-corrected chi connectivity index (χ0v) is 32.7. The van der Waals surface area contributed by atoms with Crippen molar-refractivity contribution < 1.29 is 5.11 Å². The van der Waals surface area contributed by atoms with Crippen LogP contribution in [0.4, 0.5) is 0 Å². The van der Waals surface area contributed by atoms with Crippen LogP contribution in [0.2, 0.25) is 0 Å². The van der Waals surface area contributed by atoms with Crippen LogP contribution in [0.15, 0.2) is 91.1 Å². The van der Waals surface area contributed by atoms with Crippen molar-refractivity contribution in [1.29, 1.82) is 0 Å². The summed E-state index contributed by atoms with van der Waals surface area (Å²) >= 11 is 1.62. The van der Waals surface area contributed by atoms with Gasteiger partial charge in [-0.1, -0.05) is 126 Å². The number of hydrogen-bond acceptors (Lipinski definition) is 4. The molecule has 258 valence electrons. The van der Waals surface area contributed by atoms with Gasteiger partial charge in [-0.2, -0.15) is 0 Å². The van der Waals surface area contributed by atoms with E-state index in [1.165, 1.54) is 38.9 Å². The number of phenols is 1. The largest absolute Gasteiger partial charge is 0.507 e. The number of aromatic nitrogens is 2. The topological polar surface area (TPSA) is 46.0 Å². The van der Waals surface area contributed by atoms with E-state index in [0.717, 1.165) is 37.6 Å². The van der Waals surface area contributed by atoms with Gasteiger partial charge in [0.2, 0.25) is 0 Å². The van der Waals surface area contributed by atoms with Crippen LogP contribution in [-0.2, 0) is 21.7 Å². The average Bonchev–Trinajstić information content (AvgIpc) is 3.47. The number of nitrogens with zero attached hydrogens (tertiary/aromatic N) is 2. The monoisotopic (exact) mass is 680 g/mol. The second kappa shape index (κ2) is 12.5. The zero-order valence-electron chi connectivity index (χ0n) is 31.9. The van der Waals surface area contributed by atoms with Crippen molar-refractivity contribution in [2.24, 2.45) is 0 Å². The predicted octanol–water partition coefficient (Wildman–Crippen LogP) is 13.3. The van der Waals surface area contributed by atoms with Crippen LogP contribution in [-0.4, -0.2) is 15.1 Å². The highest BCUT2D eigenvalue weighted by Crippen LogP contribution is 2.46. The van der Waals surface area contributed by atoms with Crippen LogP contribution in [0.3, 0.4) is 0 Å². The number of benzene rings is 4. The molecule has 0 spiro atoms. The lowest BCUT2D eigenvalue weighted by molar-refractivity contribution is 0.477. The van der Waals surface area contributed by atoms with E-state index in [2.05, 4.69) is 144 Å². The minimum atomic E-state index is -0.138. The molecule has 4 aromatic carbocycles. The third kappa shape index (κ3) is 7.01. The van der Waals surface area contributed by atoms with Gasteiger partial charge in [-0.3, -0.25) is 4.98 Å². The third-order valence-electron chi connectivity index (χ3n) is 9.59. The van der Waals surface area contributed by atoms with Crippen molar-refractivity contribution in [2.45, 2.75) is 105 Å². The maximum absolute atomic E-state index is 10.7. The molecule has 2 aromatic heterocycles. The summed E-state index contributed by atoms with van der Waals surface area (Å²) < 4.78 is 1.09. The lowest BCUT2D eigenvalue weighted by Crippen LogP contribution is -2.23. The van der Waals surface area contributed by atoms with Crippen molar-refractivity contribution in [3.63, 3.8) is 0 Å². The van der Waals surface area contributed by atoms with Gasteiger partial charge in [-0.25, -0.2) is 4.98 Å². The summed E-state index contributed by atoms with van der Waals surface area (Å²) in [5, 5.41) is 11.5. The standard InChI is InChI=1S/C46H52N2OS/c1-43(2,3)31-22-29(23-32(27-31)44(4,5)6)28-20-21-47-37(26-28)30-24-35(40(46(10,11)12)36(25-30)45(7,8)9)33-17-15-19-39-41(33)48-42(50-39)34-16-13-14-18-38(34)49/h13-27,49H,1-12H3. The summed E-state index contributed by atoms with van der Waals surface area (Å²) in [6.07, 6.45) is 1.96. The zero-order chi connectivity index (χ0) is 36.4.